The molecule has 0 aliphatic rings. The van der Waals surface area contributed by atoms with Gasteiger partial charge in [0.05, 0.1) is 10.5 Å². The Morgan fingerprint density at radius 2 is 2.03 bits per heavy atom. The average Bonchev–Trinajstić information content (AvgIpc) is 2.74. The van der Waals surface area contributed by atoms with Crippen LogP contribution in [0.5, 0.6) is 5.75 Å². The van der Waals surface area contributed by atoms with E-state index in [0.717, 1.165) is 37.4 Å². The number of phenols is 1. The van der Waals surface area contributed by atoms with Crippen LogP contribution in [-0.4, -0.2) is 46.9 Å². The molecule has 1 rings (SSSR count). The van der Waals surface area contributed by atoms with Gasteiger partial charge in [-0.15, -0.1) is 0 Å². The van der Waals surface area contributed by atoms with Gasteiger partial charge in [0.2, 0.25) is 5.91 Å². The topological polar surface area (TPSA) is 151 Å². The smallest absolute Gasteiger partial charge is 0.260 e. The molecule has 10 heteroatoms. The van der Waals surface area contributed by atoms with Crippen molar-refractivity contribution in [1.29, 1.82) is 0 Å². The van der Waals surface area contributed by atoms with Crippen molar-refractivity contribution in [2.45, 2.75) is 45.4 Å². The highest BCUT2D eigenvalue weighted by Crippen LogP contribution is 2.22. The second-order valence-corrected chi connectivity index (χ2v) is 7.77. The standard InChI is InChI=1S/C21H31N5O4S/c1-3-4-5-6-8-18(31-14-27)21(30)26(2)12-7-9-19(29)24-15-10-11-16(17(28)13-15)20(22)25-23/h8,10-11,13-14,28H,3-7,9,12,23H2,1-2H3,(H2,22,25)(H,24,29)/b18-8-. The molecule has 6 N–H and O–H groups in total. The average molecular weight is 450 g/mol. The molecule has 0 aliphatic carbocycles. The number of carbonyl (C=O) groups excluding carboxylic acids is 3. The number of aromatic hydroxyl groups is 1. The predicted octanol–water partition coefficient (Wildman–Crippen LogP) is 2.54. The first-order valence-corrected chi connectivity index (χ1v) is 10.9. The minimum atomic E-state index is -0.258. The van der Waals surface area contributed by atoms with Crippen LogP contribution in [-0.2, 0) is 14.4 Å². The molecule has 0 saturated carbocycles. The maximum Gasteiger partial charge on any atom is 0.260 e. The number of allylic oxidation sites excluding steroid dienone is 1. The molecule has 9 nitrogen and oxygen atoms in total. The third-order valence-corrected chi connectivity index (χ3v) is 5.16. The number of anilines is 1. The van der Waals surface area contributed by atoms with Crippen molar-refractivity contribution in [2.24, 2.45) is 16.7 Å². The van der Waals surface area contributed by atoms with Gasteiger partial charge in [-0.25, -0.2) is 0 Å². The van der Waals surface area contributed by atoms with Crippen molar-refractivity contribution in [2.75, 3.05) is 18.9 Å². The quantitative estimate of drug-likeness (QED) is 0.0687. The van der Waals surface area contributed by atoms with Gasteiger partial charge in [-0.1, -0.05) is 25.8 Å². The number of carbonyl (C=O) groups is 3. The number of amidine groups is 1. The number of nitrogens with two attached hydrogens (primary N) is 2. The molecule has 31 heavy (non-hydrogen) atoms. The van der Waals surface area contributed by atoms with E-state index in [1.165, 1.54) is 17.0 Å². The summed E-state index contributed by atoms with van der Waals surface area (Å²) in [6.45, 7) is 2.47. The molecule has 0 aliphatic heterocycles. The van der Waals surface area contributed by atoms with E-state index >= 15 is 0 Å². The number of unbranched alkanes of at least 4 members (excludes halogenated alkanes) is 3. The number of nitrogens with one attached hydrogen (secondary N) is 1. The van der Waals surface area contributed by atoms with Crippen molar-refractivity contribution in [3.63, 3.8) is 0 Å². The molecule has 0 aromatic heterocycles. The van der Waals surface area contributed by atoms with Gasteiger partial charge >= 0.3 is 0 Å². The fourth-order valence-corrected chi connectivity index (χ4v) is 3.33. The highest BCUT2D eigenvalue weighted by Gasteiger charge is 2.15. The van der Waals surface area contributed by atoms with Crippen LogP contribution in [0.2, 0.25) is 0 Å². The molecule has 0 atom stereocenters. The minimum Gasteiger partial charge on any atom is -0.507 e. The van der Waals surface area contributed by atoms with Gasteiger partial charge in [-0.2, -0.15) is 5.10 Å². The first-order valence-electron chi connectivity index (χ1n) is 10.1. The minimum absolute atomic E-state index is 0.0189. The molecule has 0 heterocycles. The number of hydrogen-bond acceptors (Lipinski definition) is 7. The van der Waals surface area contributed by atoms with Crippen molar-refractivity contribution in [3.05, 3.63) is 34.7 Å². The summed E-state index contributed by atoms with van der Waals surface area (Å²) in [4.78, 5) is 37.5. The van der Waals surface area contributed by atoms with Crippen LogP contribution in [0.1, 0.15) is 51.0 Å². The van der Waals surface area contributed by atoms with Crippen LogP contribution in [0.25, 0.3) is 0 Å². The van der Waals surface area contributed by atoms with Gasteiger partial charge < -0.3 is 26.9 Å². The number of amides is 2. The van der Waals surface area contributed by atoms with Crippen LogP contribution in [0.15, 0.2) is 34.3 Å². The molecule has 170 valence electrons. The number of rotatable bonds is 13. The van der Waals surface area contributed by atoms with Gasteiger partial charge in [0.25, 0.3) is 5.91 Å². The summed E-state index contributed by atoms with van der Waals surface area (Å²) in [7, 11) is 1.64. The summed E-state index contributed by atoms with van der Waals surface area (Å²) in [5.74, 6) is 4.44. The Bertz CT molecular complexity index is 826. The van der Waals surface area contributed by atoms with Gasteiger partial charge in [-0.05, 0) is 43.2 Å². The summed E-state index contributed by atoms with van der Waals surface area (Å²) in [5, 5.41) is 16.0. The maximum absolute atomic E-state index is 12.5. The number of thioether (sulfide) groups is 1. The van der Waals surface area contributed by atoms with Gasteiger partial charge in [0.15, 0.2) is 11.5 Å². The fourth-order valence-electron chi connectivity index (χ4n) is 2.75. The predicted molar refractivity (Wildman–Crippen MR) is 125 cm³/mol. The molecular formula is C21H31N5O4S. The van der Waals surface area contributed by atoms with Crippen molar-refractivity contribution in [1.82, 2.24) is 4.90 Å². The van der Waals surface area contributed by atoms with E-state index in [0.29, 0.717) is 29.2 Å². The molecule has 0 fully saturated rings. The highest BCUT2D eigenvalue weighted by atomic mass is 32.2. The Balaban J connectivity index is 2.54. The summed E-state index contributed by atoms with van der Waals surface area (Å²) >= 11 is 0.880. The molecule has 0 bridgehead atoms. The lowest BCUT2D eigenvalue weighted by molar-refractivity contribution is -0.125. The Morgan fingerprint density at radius 3 is 2.65 bits per heavy atom. The maximum atomic E-state index is 12.5. The van der Waals surface area contributed by atoms with Crippen LogP contribution in [0.3, 0.4) is 0 Å². The molecule has 1 aromatic rings. The Hall–Kier alpha value is -3.01. The molecule has 0 spiro atoms. The normalized spacial score (nSPS) is 11.8. The van der Waals surface area contributed by atoms with Crippen LogP contribution in [0, 0.1) is 0 Å². The molecule has 2 amide bonds. The zero-order valence-corrected chi connectivity index (χ0v) is 18.8. The molecule has 1 aromatic carbocycles. The van der Waals surface area contributed by atoms with E-state index in [4.69, 9.17) is 11.6 Å². The number of hydrogen-bond donors (Lipinski definition) is 4. The molecule has 0 radical (unpaired) electrons. The van der Waals surface area contributed by atoms with Crippen molar-refractivity contribution in [3.8, 4) is 5.75 Å². The van der Waals surface area contributed by atoms with Crippen LogP contribution >= 0.6 is 11.8 Å². The van der Waals surface area contributed by atoms with E-state index in [1.807, 2.05) is 0 Å². The van der Waals surface area contributed by atoms with E-state index in [-0.39, 0.29) is 35.4 Å². The first-order chi connectivity index (χ1) is 14.8. The summed E-state index contributed by atoms with van der Waals surface area (Å²) in [5.41, 5.74) is 6.89. The van der Waals surface area contributed by atoms with Crippen molar-refractivity contribution >= 4 is 40.7 Å². The lowest BCUT2D eigenvalue weighted by Gasteiger charge is -2.18. The van der Waals surface area contributed by atoms with E-state index in [2.05, 4.69) is 17.3 Å². The third-order valence-electron chi connectivity index (χ3n) is 4.46. The Kier molecular flexibility index (Phi) is 11.8. The second-order valence-electron chi connectivity index (χ2n) is 6.90. The number of hydrazone groups is 1. The largest absolute Gasteiger partial charge is 0.507 e. The monoisotopic (exact) mass is 449 g/mol. The van der Waals surface area contributed by atoms with E-state index in [1.54, 1.807) is 19.2 Å². The first kappa shape index (κ1) is 26.0. The second kappa shape index (κ2) is 14.1. The van der Waals surface area contributed by atoms with E-state index in [9.17, 15) is 19.5 Å². The SMILES string of the molecule is CCCCC/C=C(\SC=O)C(=O)N(C)CCCC(=O)Nc1ccc(/C(N)=N/N)c(O)c1. The Labute approximate surface area is 186 Å². The molecule has 0 saturated heterocycles. The van der Waals surface area contributed by atoms with Crippen LogP contribution < -0.4 is 16.9 Å². The third kappa shape index (κ3) is 9.12. The van der Waals surface area contributed by atoms with Crippen molar-refractivity contribution < 1.29 is 19.5 Å². The zero-order valence-electron chi connectivity index (χ0n) is 18.0. The number of benzene rings is 1. The van der Waals surface area contributed by atoms with Gasteiger partial charge in [0, 0.05) is 31.8 Å². The number of phenolic OH excluding ortho intramolecular Hbond substituents is 1. The Morgan fingerprint density at radius 1 is 1.29 bits per heavy atom. The molecular weight excluding hydrogens is 418 g/mol. The molecule has 0 unspecified atom stereocenters. The number of likely N-dealkylation sites (N-methyl/N-ethyl adjacent to an activating group) is 1. The van der Waals surface area contributed by atoms with E-state index < -0.39 is 0 Å². The highest BCUT2D eigenvalue weighted by molar-refractivity contribution is 8.16. The summed E-state index contributed by atoms with van der Waals surface area (Å²) in [6.07, 6.45) is 6.31. The van der Waals surface area contributed by atoms with Gasteiger partial charge in [-0.3, -0.25) is 14.4 Å². The lowest BCUT2D eigenvalue weighted by atomic mass is 10.1. The summed E-state index contributed by atoms with van der Waals surface area (Å²) < 4.78 is 0. The van der Waals surface area contributed by atoms with Gasteiger partial charge in [0.1, 0.15) is 5.75 Å². The fraction of sp³-hybridized carbons (Fsp3) is 0.429. The number of nitrogens with zero attached hydrogens (tertiary/aromatic N) is 2. The zero-order chi connectivity index (χ0) is 23.2. The summed E-state index contributed by atoms with van der Waals surface area (Å²) in [6, 6.07) is 4.43. The van der Waals surface area contributed by atoms with Crippen LogP contribution in [0.4, 0.5) is 5.69 Å². The lowest BCUT2D eigenvalue weighted by Crippen LogP contribution is -2.29.